The third kappa shape index (κ3) is 5.28. The van der Waals surface area contributed by atoms with Crippen LogP contribution in [0.25, 0.3) is 0 Å². The molecule has 0 aliphatic rings. The molecule has 3 rings (SSSR count). The van der Waals surface area contributed by atoms with Gasteiger partial charge in [0.2, 0.25) is 5.91 Å². The van der Waals surface area contributed by atoms with Crippen molar-refractivity contribution in [2.24, 2.45) is 0 Å². The molecule has 0 aliphatic carbocycles. The first kappa shape index (κ1) is 18.9. The average molecular weight is 423 g/mol. The second-order valence-corrected chi connectivity index (χ2v) is 6.89. The minimum absolute atomic E-state index is 0.129. The molecule has 136 valence electrons. The lowest BCUT2D eigenvalue weighted by molar-refractivity contribution is -0.116. The van der Waals surface area contributed by atoms with E-state index in [0.717, 1.165) is 10.0 Å². The second kappa shape index (κ2) is 9.14. The Hall–Kier alpha value is -2.92. The lowest BCUT2D eigenvalue weighted by atomic mass is 10.0. The maximum Gasteiger partial charge on any atom is 0.251 e. The zero-order chi connectivity index (χ0) is 19.1. The molecular formula is C22H19BrN2O2. The van der Waals surface area contributed by atoms with Gasteiger partial charge in [0.25, 0.3) is 5.91 Å². The van der Waals surface area contributed by atoms with Crippen LogP contribution in [0, 0.1) is 0 Å². The highest BCUT2D eigenvalue weighted by molar-refractivity contribution is 9.10. The molecule has 27 heavy (non-hydrogen) atoms. The number of carbonyl (C=O) groups excluding carboxylic acids is 2. The maximum absolute atomic E-state index is 12.6. The largest absolute Gasteiger partial charge is 0.345 e. The molecular weight excluding hydrogens is 404 g/mol. The third-order valence-corrected chi connectivity index (χ3v) is 4.77. The molecule has 2 N–H and O–H groups in total. The smallest absolute Gasteiger partial charge is 0.251 e. The van der Waals surface area contributed by atoms with Crippen LogP contribution in [-0.4, -0.2) is 11.8 Å². The molecule has 1 unspecified atom stereocenters. The van der Waals surface area contributed by atoms with Gasteiger partial charge in [0.1, 0.15) is 0 Å². The van der Waals surface area contributed by atoms with Gasteiger partial charge in [0.15, 0.2) is 0 Å². The lowest BCUT2D eigenvalue weighted by Gasteiger charge is -2.19. The van der Waals surface area contributed by atoms with E-state index >= 15 is 0 Å². The van der Waals surface area contributed by atoms with Crippen molar-refractivity contribution >= 4 is 33.4 Å². The Morgan fingerprint density at radius 1 is 0.815 bits per heavy atom. The molecule has 0 heterocycles. The van der Waals surface area contributed by atoms with Crippen molar-refractivity contribution in [2.75, 3.05) is 5.32 Å². The highest BCUT2D eigenvalue weighted by atomic mass is 79.9. The molecule has 0 saturated heterocycles. The van der Waals surface area contributed by atoms with Gasteiger partial charge in [-0.05, 0) is 45.8 Å². The Balaban J connectivity index is 1.75. The summed E-state index contributed by atoms with van der Waals surface area (Å²) in [5.41, 5.74) is 2.14. The molecule has 4 nitrogen and oxygen atoms in total. The van der Waals surface area contributed by atoms with E-state index in [9.17, 15) is 9.59 Å². The van der Waals surface area contributed by atoms with Crippen molar-refractivity contribution in [1.29, 1.82) is 0 Å². The van der Waals surface area contributed by atoms with E-state index in [2.05, 4.69) is 26.6 Å². The van der Waals surface area contributed by atoms with Crippen LogP contribution in [0.3, 0.4) is 0 Å². The topological polar surface area (TPSA) is 58.2 Å². The van der Waals surface area contributed by atoms with Gasteiger partial charge in [-0.25, -0.2) is 0 Å². The Kier molecular flexibility index (Phi) is 6.39. The average Bonchev–Trinajstić information content (AvgIpc) is 2.70. The number of carbonyl (C=O) groups is 2. The van der Waals surface area contributed by atoms with E-state index < -0.39 is 6.04 Å². The van der Waals surface area contributed by atoms with Crippen molar-refractivity contribution < 1.29 is 9.59 Å². The van der Waals surface area contributed by atoms with Crippen LogP contribution in [-0.2, 0) is 4.79 Å². The van der Waals surface area contributed by atoms with Crippen molar-refractivity contribution in [3.05, 3.63) is 101 Å². The number of rotatable bonds is 6. The van der Waals surface area contributed by atoms with E-state index in [4.69, 9.17) is 0 Å². The second-order valence-electron chi connectivity index (χ2n) is 6.03. The first-order valence-electron chi connectivity index (χ1n) is 8.59. The monoisotopic (exact) mass is 422 g/mol. The Morgan fingerprint density at radius 3 is 2.07 bits per heavy atom. The highest BCUT2D eigenvalue weighted by Crippen LogP contribution is 2.23. The Bertz CT molecular complexity index is 914. The summed E-state index contributed by atoms with van der Waals surface area (Å²) in [6.07, 6.45) is 0.129. The Morgan fingerprint density at radius 2 is 1.41 bits per heavy atom. The molecule has 1 atom stereocenters. The quantitative estimate of drug-likeness (QED) is 0.590. The lowest BCUT2D eigenvalue weighted by Crippen LogP contribution is -2.31. The molecule has 5 heteroatoms. The summed E-state index contributed by atoms with van der Waals surface area (Å²) < 4.78 is 0.808. The maximum atomic E-state index is 12.6. The van der Waals surface area contributed by atoms with E-state index in [1.165, 1.54) is 0 Å². The fraction of sp³-hybridized carbons (Fsp3) is 0.0909. The summed E-state index contributed by atoms with van der Waals surface area (Å²) in [7, 11) is 0. The van der Waals surface area contributed by atoms with Gasteiger partial charge in [-0.15, -0.1) is 0 Å². The van der Waals surface area contributed by atoms with Gasteiger partial charge in [0, 0.05) is 10.0 Å². The molecule has 0 aromatic heterocycles. The molecule has 0 bridgehead atoms. The minimum Gasteiger partial charge on any atom is -0.345 e. The summed E-state index contributed by atoms with van der Waals surface area (Å²) in [5, 5.41) is 5.86. The third-order valence-electron chi connectivity index (χ3n) is 4.08. The van der Waals surface area contributed by atoms with Crippen LogP contribution in [0.4, 0.5) is 5.69 Å². The number of nitrogens with one attached hydrogen (secondary N) is 2. The van der Waals surface area contributed by atoms with E-state index in [-0.39, 0.29) is 18.2 Å². The minimum atomic E-state index is -0.429. The number of amides is 2. The molecule has 3 aromatic rings. The number of hydrogen-bond acceptors (Lipinski definition) is 2. The molecule has 0 saturated carbocycles. The van der Waals surface area contributed by atoms with Crippen LogP contribution in [0.1, 0.15) is 28.4 Å². The summed E-state index contributed by atoms with van der Waals surface area (Å²) in [6, 6.07) is 25.5. The SMILES string of the molecule is O=C(CC(NC(=O)c1ccccc1)c1ccccc1)Nc1ccccc1Br. The van der Waals surface area contributed by atoms with E-state index in [1.54, 1.807) is 12.1 Å². The number of para-hydroxylation sites is 1. The fourth-order valence-corrected chi connectivity index (χ4v) is 3.10. The highest BCUT2D eigenvalue weighted by Gasteiger charge is 2.19. The zero-order valence-electron chi connectivity index (χ0n) is 14.6. The molecule has 0 spiro atoms. The van der Waals surface area contributed by atoms with E-state index in [0.29, 0.717) is 11.3 Å². The molecule has 2 amide bonds. The predicted molar refractivity (Wildman–Crippen MR) is 110 cm³/mol. The van der Waals surface area contributed by atoms with Crippen LogP contribution in [0.15, 0.2) is 89.4 Å². The van der Waals surface area contributed by atoms with Gasteiger partial charge in [-0.1, -0.05) is 60.7 Å². The van der Waals surface area contributed by atoms with Crippen molar-refractivity contribution in [3.8, 4) is 0 Å². The number of hydrogen-bond donors (Lipinski definition) is 2. The van der Waals surface area contributed by atoms with Gasteiger partial charge >= 0.3 is 0 Å². The summed E-state index contributed by atoms with van der Waals surface area (Å²) >= 11 is 3.42. The zero-order valence-corrected chi connectivity index (χ0v) is 16.1. The molecule has 3 aromatic carbocycles. The number of halogens is 1. The molecule has 0 radical (unpaired) electrons. The van der Waals surface area contributed by atoms with Crippen molar-refractivity contribution in [1.82, 2.24) is 5.32 Å². The number of anilines is 1. The van der Waals surface area contributed by atoms with Gasteiger partial charge in [-0.3, -0.25) is 9.59 Å². The normalized spacial score (nSPS) is 11.4. The molecule has 0 fully saturated rings. The van der Waals surface area contributed by atoms with Crippen molar-refractivity contribution in [2.45, 2.75) is 12.5 Å². The van der Waals surface area contributed by atoms with Crippen molar-refractivity contribution in [3.63, 3.8) is 0 Å². The first-order valence-corrected chi connectivity index (χ1v) is 9.38. The fourth-order valence-electron chi connectivity index (χ4n) is 2.72. The van der Waals surface area contributed by atoms with Crippen LogP contribution >= 0.6 is 15.9 Å². The van der Waals surface area contributed by atoms with E-state index in [1.807, 2.05) is 72.8 Å². The van der Waals surface area contributed by atoms with Crippen LogP contribution < -0.4 is 10.6 Å². The van der Waals surface area contributed by atoms with Gasteiger partial charge in [0.05, 0.1) is 18.2 Å². The summed E-state index contributed by atoms with van der Waals surface area (Å²) in [6.45, 7) is 0. The first-order chi connectivity index (χ1) is 13.1. The standard InChI is InChI=1S/C22H19BrN2O2/c23-18-13-7-8-14-19(18)24-21(26)15-20(16-9-3-1-4-10-16)25-22(27)17-11-5-2-6-12-17/h1-14,20H,15H2,(H,24,26)(H,25,27). The number of benzene rings is 3. The van der Waals surface area contributed by atoms with Gasteiger partial charge in [-0.2, -0.15) is 0 Å². The van der Waals surface area contributed by atoms with Crippen LogP contribution in [0.2, 0.25) is 0 Å². The van der Waals surface area contributed by atoms with Crippen LogP contribution in [0.5, 0.6) is 0 Å². The Labute approximate surface area is 166 Å². The molecule has 0 aliphatic heterocycles. The summed E-state index contributed by atoms with van der Waals surface area (Å²) in [4.78, 5) is 25.2. The van der Waals surface area contributed by atoms with Gasteiger partial charge < -0.3 is 10.6 Å². The predicted octanol–water partition coefficient (Wildman–Crippen LogP) is 4.95. The summed E-state index contributed by atoms with van der Waals surface area (Å²) in [5.74, 6) is -0.387.